The van der Waals surface area contributed by atoms with Crippen molar-refractivity contribution in [3.63, 3.8) is 0 Å². The molecule has 1 aliphatic carbocycles. The molecule has 1 saturated carbocycles. The van der Waals surface area contributed by atoms with Crippen LogP contribution >= 0.6 is 0 Å². The van der Waals surface area contributed by atoms with E-state index in [2.05, 4.69) is 5.32 Å². The molecule has 1 heterocycles. The van der Waals surface area contributed by atoms with E-state index in [0.29, 0.717) is 6.54 Å². The van der Waals surface area contributed by atoms with Crippen LogP contribution in [0.25, 0.3) is 0 Å². The van der Waals surface area contributed by atoms with Crippen LogP contribution in [-0.4, -0.2) is 26.4 Å². The third-order valence-corrected chi connectivity index (χ3v) is 4.82. The van der Waals surface area contributed by atoms with Gasteiger partial charge in [0.2, 0.25) is 12.7 Å². The predicted octanol–water partition coefficient (Wildman–Crippen LogP) is 2.89. The molecule has 0 radical (unpaired) electrons. The largest absolute Gasteiger partial charge is 0.496 e. The molecule has 0 bridgehead atoms. The van der Waals surface area contributed by atoms with Gasteiger partial charge in [-0.1, -0.05) is 24.3 Å². The van der Waals surface area contributed by atoms with Crippen LogP contribution in [0.3, 0.4) is 0 Å². The second-order valence-corrected chi connectivity index (χ2v) is 6.42. The first-order valence-corrected chi connectivity index (χ1v) is 8.55. The van der Waals surface area contributed by atoms with Crippen LogP contribution in [0.1, 0.15) is 23.5 Å². The summed E-state index contributed by atoms with van der Waals surface area (Å²) in [7, 11) is 1.67. The number of rotatable bonds is 6. The molecule has 1 aliphatic heterocycles. The number of benzene rings is 2. The fourth-order valence-electron chi connectivity index (χ4n) is 3.36. The second kappa shape index (κ2) is 6.67. The number of fused-ring (bicyclic) bond motifs is 1. The highest BCUT2D eigenvalue weighted by molar-refractivity contribution is 5.83. The molecule has 2 aromatic rings. The standard InChI is InChI=1S/C20H21NO4/c1-23-17-5-3-2-4-14(17)15-11-16(15)20(22)21-9-8-13-6-7-18-19(10-13)25-12-24-18/h2-7,10,15-16H,8-9,11-12H2,1H3,(H,21,22)/t15-,16-/m1/s1. The van der Waals surface area contributed by atoms with E-state index in [0.717, 1.165) is 41.2 Å². The minimum atomic E-state index is 0.0491. The third kappa shape index (κ3) is 3.27. The van der Waals surface area contributed by atoms with Crippen molar-refractivity contribution < 1.29 is 19.0 Å². The Balaban J connectivity index is 1.29. The average Bonchev–Trinajstić information content (AvgIpc) is 3.31. The highest BCUT2D eigenvalue weighted by Crippen LogP contribution is 2.50. The second-order valence-electron chi connectivity index (χ2n) is 6.42. The molecule has 1 N–H and O–H groups in total. The Morgan fingerprint density at radius 1 is 1.20 bits per heavy atom. The third-order valence-electron chi connectivity index (χ3n) is 4.82. The molecule has 1 amide bonds. The lowest BCUT2D eigenvalue weighted by molar-refractivity contribution is -0.122. The lowest BCUT2D eigenvalue weighted by Crippen LogP contribution is -2.27. The van der Waals surface area contributed by atoms with Crippen LogP contribution in [0, 0.1) is 5.92 Å². The summed E-state index contributed by atoms with van der Waals surface area (Å²) < 4.78 is 16.1. The summed E-state index contributed by atoms with van der Waals surface area (Å²) in [5.74, 6) is 2.86. The predicted molar refractivity (Wildman–Crippen MR) is 93.1 cm³/mol. The minimum absolute atomic E-state index is 0.0491. The van der Waals surface area contributed by atoms with E-state index in [-0.39, 0.29) is 24.5 Å². The highest BCUT2D eigenvalue weighted by Gasteiger charge is 2.45. The van der Waals surface area contributed by atoms with Gasteiger partial charge in [-0.2, -0.15) is 0 Å². The van der Waals surface area contributed by atoms with Crippen molar-refractivity contribution in [2.75, 3.05) is 20.4 Å². The topological polar surface area (TPSA) is 56.8 Å². The minimum Gasteiger partial charge on any atom is -0.496 e. The smallest absolute Gasteiger partial charge is 0.231 e. The quantitative estimate of drug-likeness (QED) is 0.879. The highest BCUT2D eigenvalue weighted by atomic mass is 16.7. The van der Waals surface area contributed by atoms with Crippen molar-refractivity contribution in [2.24, 2.45) is 5.92 Å². The first-order chi connectivity index (χ1) is 12.3. The number of para-hydroxylation sites is 1. The lowest BCUT2D eigenvalue weighted by Gasteiger charge is -2.08. The molecule has 130 valence electrons. The van der Waals surface area contributed by atoms with Crippen molar-refractivity contribution in [3.05, 3.63) is 53.6 Å². The van der Waals surface area contributed by atoms with Gasteiger partial charge >= 0.3 is 0 Å². The molecule has 0 unspecified atom stereocenters. The molecule has 0 aromatic heterocycles. The fourth-order valence-corrected chi connectivity index (χ4v) is 3.36. The Morgan fingerprint density at radius 3 is 2.92 bits per heavy atom. The van der Waals surface area contributed by atoms with E-state index in [1.807, 2.05) is 42.5 Å². The summed E-state index contributed by atoms with van der Waals surface area (Å²) in [6.45, 7) is 0.898. The van der Waals surface area contributed by atoms with Crippen molar-refractivity contribution >= 4 is 5.91 Å². The molecule has 5 heteroatoms. The number of hydrogen-bond donors (Lipinski definition) is 1. The number of methoxy groups -OCH3 is 1. The maximum atomic E-state index is 12.4. The molecule has 2 aliphatic rings. The maximum absolute atomic E-state index is 12.4. The summed E-state index contributed by atoms with van der Waals surface area (Å²) in [5, 5.41) is 3.05. The summed E-state index contributed by atoms with van der Waals surface area (Å²) in [5.41, 5.74) is 2.25. The molecule has 4 rings (SSSR count). The average molecular weight is 339 g/mol. The summed E-state index contributed by atoms with van der Waals surface area (Å²) in [6, 6.07) is 13.8. The number of ether oxygens (including phenoxy) is 3. The fraction of sp³-hybridized carbons (Fsp3) is 0.350. The summed E-state index contributed by atoms with van der Waals surface area (Å²) >= 11 is 0. The van der Waals surface area contributed by atoms with E-state index in [9.17, 15) is 4.79 Å². The van der Waals surface area contributed by atoms with Crippen LogP contribution in [0.15, 0.2) is 42.5 Å². The zero-order valence-corrected chi connectivity index (χ0v) is 14.2. The molecule has 1 fully saturated rings. The van der Waals surface area contributed by atoms with Crippen molar-refractivity contribution in [2.45, 2.75) is 18.8 Å². The maximum Gasteiger partial charge on any atom is 0.231 e. The molecular formula is C20H21NO4. The SMILES string of the molecule is COc1ccccc1[C@H]1C[C@H]1C(=O)NCCc1ccc2c(c1)OCO2. The van der Waals surface area contributed by atoms with Gasteiger partial charge in [0.1, 0.15) is 5.75 Å². The van der Waals surface area contributed by atoms with Crippen molar-refractivity contribution in [1.29, 1.82) is 0 Å². The molecule has 5 nitrogen and oxygen atoms in total. The van der Waals surface area contributed by atoms with Crippen molar-refractivity contribution in [3.8, 4) is 17.2 Å². The van der Waals surface area contributed by atoms with Gasteiger partial charge in [0.25, 0.3) is 0 Å². The lowest BCUT2D eigenvalue weighted by atomic mass is 10.1. The monoisotopic (exact) mass is 339 g/mol. The van der Waals surface area contributed by atoms with E-state index < -0.39 is 0 Å². The van der Waals surface area contributed by atoms with Gasteiger partial charge in [0, 0.05) is 12.5 Å². The molecule has 0 saturated heterocycles. The van der Waals surface area contributed by atoms with Crippen LogP contribution < -0.4 is 19.5 Å². The van der Waals surface area contributed by atoms with Crippen LogP contribution in [0.2, 0.25) is 0 Å². The van der Waals surface area contributed by atoms with Gasteiger partial charge < -0.3 is 19.5 Å². The normalized spacial score (nSPS) is 20.2. The summed E-state index contributed by atoms with van der Waals surface area (Å²) in [4.78, 5) is 12.4. The van der Waals surface area contributed by atoms with Gasteiger partial charge in [-0.3, -0.25) is 4.79 Å². The van der Waals surface area contributed by atoms with Gasteiger partial charge in [0.15, 0.2) is 11.5 Å². The Morgan fingerprint density at radius 2 is 2.04 bits per heavy atom. The van der Waals surface area contributed by atoms with Gasteiger partial charge in [0.05, 0.1) is 7.11 Å². The molecule has 2 aromatic carbocycles. The Hall–Kier alpha value is -2.69. The number of carbonyl (C=O) groups is 1. The van der Waals surface area contributed by atoms with E-state index in [1.54, 1.807) is 7.11 Å². The molecule has 0 spiro atoms. The Kier molecular flexibility index (Phi) is 4.22. The van der Waals surface area contributed by atoms with E-state index in [4.69, 9.17) is 14.2 Å². The van der Waals surface area contributed by atoms with Gasteiger partial charge in [-0.05, 0) is 48.1 Å². The van der Waals surface area contributed by atoms with Gasteiger partial charge in [-0.15, -0.1) is 0 Å². The molecule has 2 atom stereocenters. The van der Waals surface area contributed by atoms with Crippen LogP contribution in [0.5, 0.6) is 17.2 Å². The summed E-state index contributed by atoms with van der Waals surface area (Å²) in [6.07, 6.45) is 1.66. The number of carbonyl (C=O) groups excluding carboxylic acids is 1. The van der Waals surface area contributed by atoms with Gasteiger partial charge in [-0.25, -0.2) is 0 Å². The first kappa shape index (κ1) is 15.8. The zero-order valence-electron chi connectivity index (χ0n) is 14.2. The molecular weight excluding hydrogens is 318 g/mol. The number of hydrogen-bond acceptors (Lipinski definition) is 4. The van der Waals surface area contributed by atoms with Crippen molar-refractivity contribution in [1.82, 2.24) is 5.32 Å². The number of nitrogens with one attached hydrogen (secondary N) is 1. The Bertz CT molecular complexity index is 789. The Labute approximate surface area is 146 Å². The van der Waals surface area contributed by atoms with Crippen LogP contribution in [-0.2, 0) is 11.2 Å². The van der Waals surface area contributed by atoms with Crippen LogP contribution in [0.4, 0.5) is 0 Å². The van der Waals surface area contributed by atoms with E-state index >= 15 is 0 Å². The molecule has 25 heavy (non-hydrogen) atoms. The zero-order chi connectivity index (χ0) is 17.2. The number of amides is 1. The first-order valence-electron chi connectivity index (χ1n) is 8.55. The van der Waals surface area contributed by atoms with E-state index in [1.165, 1.54) is 0 Å².